The first-order valence-electron chi connectivity index (χ1n) is 8.12. The van der Waals surface area contributed by atoms with E-state index in [-0.39, 0.29) is 0 Å². The van der Waals surface area contributed by atoms with Gasteiger partial charge in [0, 0.05) is 21.7 Å². The Kier molecular flexibility index (Phi) is 2.97. The number of rotatable bonds is 1. The number of thiophene rings is 1. The minimum Gasteiger partial charge on any atom is -0.383 e. The molecule has 4 aromatic rings. The van der Waals surface area contributed by atoms with Gasteiger partial charge in [-0.15, -0.1) is 11.3 Å². The van der Waals surface area contributed by atoms with Crippen LogP contribution in [0.3, 0.4) is 0 Å². The molecule has 0 radical (unpaired) electrons. The molecule has 1 unspecified atom stereocenters. The molecule has 2 N–H and O–H groups in total. The fraction of sp³-hybridized carbons (Fsp3) is 0.0952. The maximum atomic E-state index is 6.29. The molecule has 2 nitrogen and oxygen atoms in total. The number of fused-ring (bicyclic) bond motifs is 5. The molecular weight excluding hydrogens is 312 g/mol. The summed E-state index contributed by atoms with van der Waals surface area (Å²) in [6, 6.07) is 21.3. The zero-order valence-electron chi connectivity index (χ0n) is 13.1. The summed E-state index contributed by atoms with van der Waals surface area (Å²) >= 11 is 1.82. The van der Waals surface area contributed by atoms with Crippen molar-refractivity contribution in [3.8, 4) is 11.3 Å². The molecule has 0 spiro atoms. The molecule has 2 aromatic carbocycles. The van der Waals surface area contributed by atoms with Crippen molar-refractivity contribution in [2.24, 2.45) is 0 Å². The molecule has 0 aliphatic heterocycles. The number of anilines is 1. The lowest BCUT2D eigenvalue weighted by atomic mass is 9.78. The average molecular weight is 328 g/mol. The second-order valence-corrected chi connectivity index (χ2v) is 7.21. The van der Waals surface area contributed by atoms with Gasteiger partial charge in [-0.05, 0) is 34.4 Å². The van der Waals surface area contributed by atoms with Crippen molar-refractivity contribution in [3.63, 3.8) is 0 Å². The van der Waals surface area contributed by atoms with Gasteiger partial charge in [0.1, 0.15) is 5.82 Å². The van der Waals surface area contributed by atoms with E-state index >= 15 is 0 Å². The van der Waals surface area contributed by atoms with Crippen LogP contribution in [0.2, 0.25) is 0 Å². The highest BCUT2D eigenvalue weighted by Crippen LogP contribution is 2.46. The molecule has 0 bridgehead atoms. The van der Waals surface area contributed by atoms with Gasteiger partial charge in [-0.1, -0.05) is 54.6 Å². The molecule has 0 amide bonds. The molecule has 1 aliphatic rings. The standard InChI is InChI=1S/C21H16N2S/c22-21-16-9-4-3-8-15(16)19-17(18-10-5-11-24-18)12-13-6-1-2-7-14(13)20(19)23-21/h1-11,17H,12H2,(H2,22,23). The Hall–Kier alpha value is -2.65. The number of hydrogen-bond donors (Lipinski definition) is 1. The summed E-state index contributed by atoms with van der Waals surface area (Å²) in [5.41, 5.74) is 11.2. The smallest absolute Gasteiger partial charge is 0.131 e. The largest absolute Gasteiger partial charge is 0.383 e. The van der Waals surface area contributed by atoms with Crippen molar-refractivity contribution in [1.82, 2.24) is 4.98 Å². The summed E-state index contributed by atoms with van der Waals surface area (Å²) in [5, 5.41) is 4.44. The van der Waals surface area contributed by atoms with E-state index in [1.807, 2.05) is 17.4 Å². The van der Waals surface area contributed by atoms with Crippen LogP contribution in [0.4, 0.5) is 5.82 Å². The predicted molar refractivity (Wildman–Crippen MR) is 101 cm³/mol. The van der Waals surface area contributed by atoms with Crippen molar-refractivity contribution in [3.05, 3.63) is 82.0 Å². The molecular formula is C21H16N2S. The summed E-state index contributed by atoms with van der Waals surface area (Å²) in [6.45, 7) is 0. The third-order valence-electron chi connectivity index (χ3n) is 4.91. The van der Waals surface area contributed by atoms with E-state index in [0.717, 1.165) is 17.5 Å². The third kappa shape index (κ3) is 1.91. The second-order valence-electron chi connectivity index (χ2n) is 6.23. The molecule has 5 rings (SSSR count). The van der Waals surface area contributed by atoms with E-state index in [0.29, 0.717) is 11.7 Å². The number of nitrogens with two attached hydrogens (primary N) is 1. The number of benzene rings is 2. The van der Waals surface area contributed by atoms with Gasteiger partial charge in [0.25, 0.3) is 0 Å². The minimum absolute atomic E-state index is 0.341. The SMILES string of the molecule is Nc1nc2c(c3ccccc13)C(c1cccs1)Cc1ccccc1-2. The molecule has 24 heavy (non-hydrogen) atoms. The second kappa shape index (κ2) is 5.18. The van der Waals surface area contributed by atoms with Crippen LogP contribution in [0.25, 0.3) is 22.0 Å². The maximum absolute atomic E-state index is 6.29. The van der Waals surface area contributed by atoms with Crippen molar-refractivity contribution in [2.45, 2.75) is 12.3 Å². The predicted octanol–water partition coefficient (Wildman–Crippen LogP) is 5.23. The lowest BCUT2D eigenvalue weighted by molar-refractivity contribution is 0.810. The molecule has 0 saturated carbocycles. The highest BCUT2D eigenvalue weighted by atomic mass is 32.1. The molecule has 0 saturated heterocycles. The summed E-state index contributed by atoms with van der Waals surface area (Å²) in [6.07, 6.45) is 1.01. The van der Waals surface area contributed by atoms with Gasteiger partial charge >= 0.3 is 0 Å². The van der Waals surface area contributed by atoms with Gasteiger partial charge < -0.3 is 5.73 Å². The van der Waals surface area contributed by atoms with Gasteiger partial charge in [0.15, 0.2) is 0 Å². The summed E-state index contributed by atoms with van der Waals surface area (Å²) in [5.74, 6) is 0.957. The Bertz CT molecular complexity index is 1050. The Labute approximate surface area is 144 Å². The van der Waals surface area contributed by atoms with Crippen LogP contribution >= 0.6 is 11.3 Å². The first-order chi connectivity index (χ1) is 11.8. The number of aromatic nitrogens is 1. The Morgan fingerprint density at radius 2 is 1.71 bits per heavy atom. The first kappa shape index (κ1) is 13.8. The van der Waals surface area contributed by atoms with Crippen molar-refractivity contribution in [2.75, 3.05) is 5.73 Å². The number of pyridine rings is 1. The minimum atomic E-state index is 0.341. The van der Waals surface area contributed by atoms with E-state index in [9.17, 15) is 0 Å². The third-order valence-corrected chi connectivity index (χ3v) is 5.90. The van der Waals surface area contributed by atoms with Gasteiger partial charge in [-0.25, -0.2) is 4.98 Å². The summed E-state index contributed by atoms with van der Waals surface area (Å²) in [4.78, 5) is 6.22. The highest BCUT2D eigenvalue weighted by Gasteiger charge is 2.29. The van der Waals surface area contributed by atoms with Crippen molar-refractivity contribution in [1.29, 1.82) is 0 Å². The van der Waals surface area contributed by atoms with E-state index in [1.54, 1.807) is 0 Å². The zero-order chi connectivity index (χ0) is 16.1. The molecule has 1 atom stereocenters. The normalized spacial score (nSPS) is 15.9. The molecule has 2 heterocycles. The van der Waals surface area contributed by atoms with E-state index in [4.69, 9.17) is 10.7 Å². The number of hydrogen-bond acceptors (Lipinski definition) is 3. The fourth-order valence-corrected chi connectivity index (χ4v) is 4.69. The van der Waals surface area contributed by atoms with Gasteiger partial charge in [0.2, 0.25) is 0 Å². The zero-order valence-corrected chi connectivity index (χ0v) is 13.9. The Balaban J connectivity index is 1.91. The lowest BCUT2D eigenvalue weighted by Crippen LogP contribution is -2.14. The molecule has 2 aromatic heterocycles. The lowest BCUT2D eigenvalue weighted by Gasteiger charge is -2.28. The number of nitrogens with zero attached hydrogens (tertiary/aromatic N) is 1. The van der Waals surface area contributed by atoms with Gasteiger partial charge in [0.05, 0.1) is 5.69 Å². The van der Waals surface area contributed by atoms with Crippen LogP contribution in [-0.2, 0) is 6.42 Å². The van der Waals surface area contributed by atoms with Gasteiger partial charge in [-0.3, -0.25) is 0 Å². The first-order valence-corrected chi connectivity index (χ1v) is 9.00. The highest BCUT2D eigenvalue weighted by molar-refractivity contribution is 7.10. The molecule has 0 fully saturated rings. The van der Waals surface area contributed by atoms with E-state index in [2.05, 4.69) is 60.0 Å². The quantitative estimate of drug-likeness (QED) is 0.519. The maximum Gasteiger partial charge on any atom is 0.131 e. The number of nitrogen functional groups attached to an aromatic ring is 1. The molecule has 3 heteroatoms. The summed E-state index contributed by atoms with van der Waals surface area (Å²) in [7, 11) is 0. The molecule has 1 aliphatic carbocycles. The monoisotopic (exact) mass is 328 g/mol. The van der Waals surface area contributed by atoms with Crippen molar-refractivity contribution < 1.29 is 0 Å². The van der Waals surface area contributed by atoms with Crippen LogP contribution < -0.4 is 5.73 Å². The van der Waals surface area contributed by atoms with Crippen molar-refractivity contribution >= 4 is 27.9 Å². The van der Waals surface area contributed by atoms with Crippen LogP contribution in [0.15, 0.2) is 66.0 Å². The van der Waals surface area contributed by atoms with Gasteiger partial charge in [-0.2, -0.15) is 0 Å². The van der Waals surface area contributed by atoms with Crippen LogP contribution in [0.5, 0.6) is 0 Å². The molecule has 116 valence electrons. The van der Waals surface area contributed by atoms with Crippen LogP contribution in [-0.4, -0.2) is 4.98 Å². The van der Waals surface area contributed by atoms with E-state index in [1.165, 1.54) is 27.0 Å². The summed E-state index contributed by atoms with van der Waals surface area (Å²) < 4.78 is 0. The average Bonchev–Trinajstić information content (AvgIpc) is 3.16. The topological polar surface area (TPSA) is 38.9 Å². The Morgan fingerprint density at radius 1 is 0.917 bits per heavy atom. The Morgan fingerprint density at radius 3 is 2.54 bits per heavy atom. The van der Waals surface area contributed by atoms with Crippen LogP contribution in [0.1, 0.15) is 21.9 Å². The van der Waals surface area contributed by atoms with Crippen LogP contribution in [0, 0.1) is 0 Å². The van der Waals surface area contributed by atoms with E-state index < -0.39 is 0 Å². The fourth-order valence-electron chi connectivity index (χ4n) is 3.85.